The Morgan fingerprint density at radius 3 is 2.59 bits per heavy atom. The number of ether oxygens (including phenoxy) is 3. The van der Waals surface area contributed by atoms with Crippen LogP contribution in [0.1, 0.15) is 11.1 Å². The molecule has 0 fully saturated rings. The van der Waals surface area contributed by atoms with E-state index in [1.807, 2.05) is 0 Å². The lowest BCUT2D eigenvalue weighted by molar-refractivity contribution is -0.130. The molecule has 148 valence electrons. The van der Waals surface area contributed by atoms with E-state index in [0.29, 0.717) is 11.1 Å². The third-order valence-electron chi connectivity index (χ3n) is 3.82. The first-order valence-electron chi connectivity index (χ1n) is 8.50. The maximum Gasteiger partial charge on any atom is 0.339 e. The number of hydrogen-bond acceptors (Lipinski definition) is 6. The summed E-state index contributed by atoms with van der Waals surface area (Å²) >= 11 is 0. The van der Waals surface area contributed by atoms with Gasteiger partial charge in [-0.3, -0.25) is 0 Å². The highest BCUT2D eigenvalue weighted by Crippen LogP contribution is 2.25. The maximum atomic E-state index is 13.7. The second-order valence-corrected chi connectivity index (χ2v) is 5.75. The molecule has 0 bridgehead atoms. The van der Waals surface area contributed by atoms with Gasteiger partial charge >= 0.3 is 5.97 Å². The number of aliphatic carboxylic acids is 1. The number of carboxylic acids is 1. The Morgan fingerprint density at radius 2 is 1.83 bits per heavy atom. The van der Waals surface area contributed by atoms with Gasteiger partial charge < -0.3 is 19.3 Å². The lowest BCUT2D eigenvalue weighted by atomic mass is 10.0. The van der Waals surface area contributed by atoms with E-state index in [0.717, 1.165) is 6.26 Å². The minimum Gasteiger partial charge on any atom is -0.503 e. The normalized spacial score (nSPS) is 11.0. The van der Waals surface area contributed by atoms with E-state index in [-0.39, 0.29) is 29.7 Å². The lowest BCUT2D eigenvalue weighted by Gasteiger charge is -2.12. The van der Waals surface area contributed by atoms with Crippen molar-refractivity contribution in [2.24, 2.45) is 0 Å². The van der Waals surface area contributed by atoms with E-state index in [1.54, 1.807) is 36.4 Å². The number of benzene rings is 2. The molecule has 3 aromatic rings. The zero-order valence-corrected chi connectivity index (χ0v) is 15.4. The van der Waals surface area contributed by atoms with Crippen LogP contribution in [-0.2, 0) is 16.1 Å². The minimum absolute atomic E-state index is 0.00189. The van der Waals surface area contributed by atoms with Crippen LogP contribution in [0.25, 0.3) is 5.57 Å². The van der Waals surface area contributed by atoms with Crippen LogP contribution in [0, 0.1) is 5.82 Å². The van der Waals surface area contributed by atoms with Gasteiger partial charge in [-0.05, 0) is 23.3 Å². The third-order valence-corrected chi connectivity index (χ3v) is 3.82. The summed E-state index contributed by atoms with van der Waals surface area (Å²) < 4.78 is 29.7. The fourth-order valence-corrected chi connectivity index (χ4v) is 2.51. The van der Waals surface area contributed by atoms with E-state index in [1.165, 1.54) is 31.6 Å². The summed E-state index contributed by atoms with van der Waals surface area (Å²) in [4.78, 5) is 19.4. The summed E-state index contributed by atoms with van der Waals surface area (Å²) in [6.07, 6.45) is 2.39. The van der Waals surface area contributed by atoms with Crippen molar-refractivity contribution in [3.05, 3.63) is 84.1 Å². The predicted molar refractivity (Wildman–Crippen MR) is 102 cm³/mol. The van der Waals surface area contributed by atoms with Gasteiger partial charge in [0, 0.05) is 0 Å². The highest BCUT2D eigenvalue weighted by atomic mass is 19.1. The zero-order valence-electron chi connectivity index (χ0n) is 15.4. The summed E-state index contributed by atoms with van der Waals surface area (Å²) in [6, 6.07) is 14.2. The van der Waals surface area contributed by atoms with Gasteiger partial charge in [0.05, 0.1) is 19.4 Å². The Labute approximate surface area is 166 Å². The van der Waals surface area contributed by atoms with Crippen molar-refractivity contribution in [3.63, 3.8) is 0 Å². The first-order chi connectivity index (χ1) is 14.1. The van der Waals surface area contributed by atoms with Crippen molar-refractivity contribution in [1.29, 1.82) is 0 Å². The molecule has 0 aliphatic rings. The monoisotopic (exact) mass is 396 g/mol. The van der Waals surface area contributed by atoms with Gasteiger partial charge in [-0.2, -0.15) is 0 Å². The highest BCUT2D eigenvalue weighted by Gasteiger charge is 2.15. The molecule has 0 saturated heterocycles. The largest absolute Gasteiger partial charge is 0.503 e. The molecule has 0 radical (unpaired) electrons. The fourth-order valence-electron chi connectivity index (χ4n) is 2.51. The Kier molecular flexibility index (Phi) is 6.36. The first-order valence-corrected chi connectivity index (χ1v) is 8.50. The van der Waals surface area contributed by atoms with Gasteiger partial charge in [-0.25, -0.2) is 19.2 Å². The van der Waals surface area contributed by atoms with Crippen LogP contribution in [0.4, 0.5) is 4.39 Å². The van der Waals surface area contributed by atoms with Gasteiger partial charge in [0.15, 0.2) is 11.6 Å². The van der Waals surface area contributed by atoms with Gasteiger partial charge in [-0.1, -0.05) is 36.4 Å². The van der Waals surface area contributed by atoms with E-state index in [9.17, 15) is 14.3 Å². The molecule has 0 spiro atoms. The van der Waals surface area contributed by atoms with Crippen LogP contribution >= 0.6 is 0 Å². The van der Waals surface area contributed by atoms with Gasteiger partial charge in [0.1, 0.15) is 18.5 Å². The summed E-state index contributed by atoms with van der Waals surface area (Å²) in [5, 5.41) is 9.41. The number of nitrogens with zero attached hydrogens (tertiary/aromatic N) is 2. The molecule has 1 N–H and O–H groups in total. The van der Waals surface area contributed by atoms with Gasteiger partial charge in [-0.15, -0.1) is 0 Å². The molecular formula is C21H17FN2O5. The van der Waals surface area contributed by atoms with Crippen molar-refractivity contribution in [3.8, 4) is 17.5 Å². The van der Waals surface area contributed by atoms with Gasteiger partial charge in [0.2, 0.25) is 11.8 Å². The number of carboxylic acid groups (broad SMARTS) is 1. The van der Waals surface area contributed by atoms with Crippen molar-refractivity contribution in [2.45, 2.75) is 6.61 Å². The smallest absolute Gasteiger partial charge is 0.339 e. The van der Waals surface area contributed by atoms with E-state index >= 15 is 0 Å². The van der Waals surface area contributed by atoms with E-state index in [2.05, 4.69) is 9.97 Å². The molecule has 0 aliphatic carbocycles. The van der Waals surface area contributed by atoms with Crippen LogP contribution in [0.15, 0.2) is 67.2 Å². The average molecular weight is 396 g/mol. The van der Waals surface area contributed by atoms with Crippen LogP contribution in [0.5, 0.6) is 17.5 Å². The second-order valence-electron chi connectivity index (χ2n) is 5.75. The standard InChI is InChI=1S/C21H17FN2O5/c1-27-12-16(21(25)26)15-7-3-2-6-14(15)11-28-19-10-20(24-13-23-19)29-18-9-5-4-8-17(18)22/h2-10,12-13H,11H2,1H3,(H,25,26)/b16-12+. The molecule has 0 atom stereocenters. The van der Waals surface area contributed by atoms with E-state index < -0.39 is 11.8 Å². The number of para-hydroxylation sites is 1. The molecule has 1 aromatic heterocycles. The SMILES string of the molecule is CO/C=C(/C(=O)O)c1ccccc1COc1cc(Oc2ccccc2F)ncn1. The van der Waals surface area contributed by atoms with Crippen LogP contribution in [0.3, 0.4) is 0 Å². The Bertz CT molecular complexity index is 1040. The summed E-state index contributed by atoms with van der Waals surface area (Å²) in [5.41, 5.74) is 1.07. The van der Waals surface area contributed by atoms with Crippen LogP contribution in [-0.4, -0.2) is 28.2 Å². The topological polar surface area (TPSA) is 90.8 Å². The quantitative estimate of drug-likeness (QED) is 0.453. The Hall–Kier alpha value is -3.94. The van der Waals surface area contributed by atoms with Crippen LogP contribution in [0.2, 0.25) is 0 Å². The maximum absolute atomic E-state index is 13.7. The predicted octanol–water partition coefficient (Wildman–Crippen LogP) is 4.06. The molecule has 0 saturated carbocycles. The highest BCUT2D eigenvalue weighted by molar-refractivity contribution is 6.15. The number of rotatable bonds is 8. The van der Waals surface area contributed by atoms with Crippen molar-refractivity contribution in [1.82, 2.24) is 9.97 Å². The van der Waals surface area contributed by atoms with Gasteiger partial charge in [0.25, 0.3) is 0 Å². The summed E-state index contributed by atoms with van der Waals surface area (Å²) in [5.74, 6) is -1.32. The number of methoxy groups -OCH3 is 1. The molecule has 2 aromatic carbocycles. The van der Waals surface area contributed by atoms with Crippen LogP contribution < -0.4 is 9.47 Å². The number of carbonyl (C=O) groups is 1. The molecule has 0 amide bonds. The summed E-state index contributed by atoms with van der Waals surface area (Å²) in [7, 11) is 1.38. The molecule has 1 heterocycles. The number of aromatic nitrogens is 2. The fraction of sp³-hybridized carbons (Fsp3) is 0.0952. The Morgan fingerprint density at radius 1 is 1.10 bits per heavy atom. The number of hydrogen-bond donors (Lipinski definition) is 1. The molecular weight excluding hydrogens is 379 g/mol. The lowest BCUT2D eigenvalue weighted by Crippen LogP contribution is -2.06. The van der Waals surface area contributed by atoms with Crippen molar-refractivity contribution < 1.29 is 28.5 Å². The third kappa shape index (κ3) is 5.07. The zero-order chi connectivity index (χ0) is 20.6. The molecule has 7 nitrogen and oxygen atoms in total. The summed E-state index contributed by atoms with van der Waals surface area (Å²) in [6.45, 7) is 0.0423. The number of halogens is 1. The van der Waals surface area contributed by atoms with Crippen molar-refractivity contribution >= 4 is 11.5 Å². The first kappa shape index (κ1) is 19.8. The molecule has 3 rings (SSSR count). The van der Waals surface area contributed by atoms with Crippen molar-refractivity contribution in [2.75, 3.05) is 7.11 Å². The minimum atomic E-state index is -1.12. The average Bonchev–Trinajstić information content (AvgIpc) is 2.73. The molecule has 29 heavy (non-hydrogen) atoms. The van der Waals surface area contributed by atoms with E-state index in [4.69, 9.17) is 14.2 Å². The molecule has 8 heteroatoms. The molecule has 0 unspecified atom stereocenters. The second kappa shape index (κ2) is 9.32. The molecule has 0 aliphatic heterocycles. The Balaban J connectivity index is 1.77.